The fraction of sp³-hybridized carbons (Fsp3) is 0.429. The first-order valence-electron chi connectivity index (χ1n) is 18.7. The number of imide groups is 2. The molecule has 284 valence electrons. The molecule has 0 bridgehead atoms. The number of rotatable bonds is 12. The smallest absolute Gasteiger partial charge is 0.274 e. The van der Waals surface area contributed by atoms with Crippen molar-refractivity contribution in [2.75, 3.05) is 13.1 Å². The zero-order valence-electron chi connectivity index (χ0n) is 30.5. The van der Waals surface area contributed by atoms with E-state index in [4.69, 9.17) is 0 Å². The molecule has 0 N–H and O–H groups in total. The van der Waals surface area contributed by atoms with Crippen LogP contribution in [0.4, 0.5) is 26.3 Å². The van der Waals surface area contributed by atoms with Gasteiger partial charge < -0.3 is 0 Å². The van der Waals surface area contributed by atoms with E-state index in [2.05, 4.69) is 0 Å². The van der Waals surface area contributed by atoms with Gasteiger partial charge >= 0.3 is 12.4 Å². The van der Waals surface area contributed by atoms with Crippen molar-refractivity contribution >= 4 is 66.7 Å². The van der Waals surface area contributed by atoms with E-state index in [1.54, 1.807) is 0 Å². The summed E-state index contributed by atoms with van der Waals surface area (Å²) in [5, 5.41) is -2.42. The van der Waals surface area contributed by atoms with Crippen LogP contribution in [0, 0.1) is 11.8 Å². The van der Waals surface area contributed by atoms with Gasteiger partial charge in [-0.05, 0) is 70.5 Å². The van der Waals surface area contributed by atoms with Crippen LogP contribution in [0.2, 0.25) is 0 Å². The number of fused-ring (bicyclic) bond motifs is 2. The first-order valence-corrected chi connectivity index (χ1v) is 18.7. The third-order valence-electron chi connectivity index (χ3n) is 11.6. The van der Waals surface area contributed by atoms with Crippen molar-refractivity contribution in [2.45, 2.75) is 91.4 Å². The zero-order valence-corrected chi connectivity index (χ0v) is 30.5. The zero-order chi connectivity index (χ0) is 39.0. The lowest BCUT2D eigenvalue weighted by molar-refractivity contribution is -0.137. The summed E-state index contributed by atoms with van der Waals surface area (Å²) in [6, 6.07) is 6.34. The fourth-order valence-electron chi connectivity index (χ4n) is 8.70. The van der Waals surface area contributed by atoms with Crippen molar-refractivity contribution < 1.29 is 45.5 Å². The SMILES string of the molecule is CCCCC(CC)CN1C(=O)c2ccc3c4c(C(F)(F)F)cc5c6c(ccc(c7c(C(F)(F)F)cc(c2c37)C1=O)c64)C(=O)N(CC(CC)CCCC)C5=O. The van der Waals surface area contributed by atoms with Crippen LogP contribution in [0.15, 0.2) is 36.4 Å². The van der Waals surface area contributed by atoms with E-state index in [-0.39, 0.29) is 68.4 Å². The minimum Gasteiger partial charge on any atom is -0.274 e. The first kappa shape index (κ1) is 37.6. The van der Waals surface area contributed by atoms with E-state index in [1.807, 2.05) is 27.7 Å². The number of carbonyl (C=O) groups excluding carboxylic acids is 4. The van der Waals surface area contributed by atoms with Crippen molar-refractivity contribution in [1.82, 2.24) is 9.80 Å². The van der Waals surface area contributed by atoms with Crippen LogP contribution < -0.4 is 0 Å². The number of benzene rings is 5. The molecule has 7 rings (SSSR count). The Labute approximate surface area is 307 Å². The number of halogens is 6. The Bertz CT molecular complexity index is 2210. The van der Waals surface area contributed by atoms with E-state index >= 15 is 26.3 Å². The molecule has 2 heterocycles. The van der Waals surface area contributed by atoms with Gasteiger partial charge in [-0.2, -0.15) is 26.3 Å². The van der Waals surface area contributed by atoms with Gasteiger partial charge in [0.15, 0.2) is 0 Å². The monoisotopic (exact) mass is 750 g/mol. The third kappa shape index (κ3) is 5.70. The molecule has 0 radical (unpaired) electrons. The Hall–Kier alpha value is -4.74. The Morgan fingerprint density at radius 3 is 1.17 bits per heavy atom. The highest BCUT2D eigenvalue weighted by molar-refractivity contribution is 6.42. The van der Waals surface area contributed by atoms with Crippen molar-refractivity contribution in [3.63, 3.8) is 0 Å². The maximum absolute atomic E-state index is 15.3. The molecule has 12 heteroatoms. The maximum Gasteiger partial charge on any atom is 0.417 e. The van der Waals surface area contributed by atoms with Gasteiger partial charge in [0.2, 0.25) is 0 Å². The summed E-state index contributed by atoms with van der Waals surface area (Å²) in [6.07, 6.45) is -4.14. The highest BCUT2D eigenvalue weighted by Gasteiger charge is 2.44. The van der Waals surface area contributed by atoms with Crippen LogP contribution in [0.1, 0.15) is 132 Å². The lowest BCUT2D eigenvalue weighted by atomic mass is 9.79. The molecule has 2 atom stereocenters. The average Bonchev–Trinajstić information content (AvgIpc) is 3.13. The predicted octanol–water partition coefficient (Wildman–Crippen LogP) is 11.4. The second kappa shape index (κ2) is 13.5. The van der Waals surface area contributed by atoms with Gasteiger partial charge in [0.1, 0.15) is 0 Å². The van der Waals surface area contributed by atoms with Gasteiger partial charge in [0.25, 0.3) is 23.6 Å². The van der Waals surface area contributed by atoms with E-state index in [0.29, 0.717) is 37.8 Å². The summed E-state index contributed by atoms with van der Waals surface area (Å²) in [5.74, 6) is -3.53. The summed E-state index contributed by atoms with van der Waals surface area (Å²) >= 11 is 0. The number of alkyl halides is 6. The van der Waals surface area contributed by atoms with Gasteiger partial charge in [-0.15, -0.1) is 0 Å². The number of carbonyl (C=O) groups is 4. The van der Waals surface area contributed by atoms with Crippen LogP contribution in [0.3, 0.4) is 0 Å². The van der Waals surface area contributed by atoms with E-state index < -0.39 is 69.0 Å². The Kier molecular flexibility index (Phi) is 9.41. The van der Waals surface area contributed by atoms with Crippen LogP contribution >= 0.6 is 0 Å². The molecule has 6 nitrogen and oxygen atoms in total. The molecule has 0 spiro atoms. The van der Waals surface area contributed by atoms with Gasteiger partial charge in [-0.1, -0.05) is 78.4 Å². The number of unbranched alkanes of at least 4 members (excludes halogenated alkanes) is 2. The van der Waals surface area contributed by atoms with Crippen molar-refractivity contribution in [2.24, 2.45) is 11.8 Å². The van der Waals surface area contributed by atoms with Crippen LogP contribution in [-0.2, 0) is 12.4 Å². The Morgan fingerprint density at radius 1 is 0.500 bits per heavy atom. The van der Waals surface area contributed by atoms with Crippen molar-refractivity contribution in [1.29, 1.82) is 0 Å². The van der Waals surface area contributed by atoms with Crippen LogP contribution in [-0.4, -0.2) is 46.5 Å². The molecule has 2 unspecified atom stereocenters. The van der Waals surface area contributed by atoms with Crippen molar-refractivity contribution in [3.05, 3.63) is 69.8 Å². The number of amides is 4. The molecule has 0 aliphatic carbocycles. The fourth-order valence-corrected chi connectivity index (χ4v) is 8.70. The van der Waals surface area contributed by atoms with E-state index in [0.717, 1.165) is 35.5 Å². The summed E-state index contributed by atoms with van der Waals surface area (Å²) in [5.41, 5.74) is -3.52. The van der Waals surface area contributed by atoms with Crippen LogP contribution in [0.5, 0.6) is 0 Å². The van der Waals surface area contributed by atoms with E-state index in [1.165, 1.54) is 24.3 Å². The molecule has 2 aliphatic heterocycles. The molecule has 0 fully saturated rings. The van der Waals surface area contributed by atoms with Crippen LogP contribution in [0.25, 0.3) is 43.1 Å². The Morgan fingerprint density at radius 2 is 0.852 bits per heavy atom. The standard InChI is InChI=1S/C42H40F6N2O4/c1-5-9-11-21(7-3)19-49-37(51)25-15-13-23-34-30(42(46,47)48)18-28-32-26(38(52)50(40(28)54)20-22(8-4)12-10-6-2)16-14-24(36(32)34)33-29(41(43,44)45)17-27(39(49)53)31(25)35(23)33/h13-18,21-22H,5-12,19-20H2,1-4H3. The highest BCUT2D eigenvalue weighted by Crippen LogP contribution is 2.53. The summed E-state index contributed by atoms with van der Waals surface area (Å²) in [7, 11) is 0. The molecule has 0 saturated heterocycles. The normalized spacial score (nSPS) is 16.3. The average molecular weight is 751 g/mol. The molecule has 5 aromatic carbocycles. The molecule has 0 aromatic heterocycles. The number of hydrogen-bond donors (Lipinski definition) is 0. The largest absolute Gasteiger partial charge is 0.417 e. The highest BCUT2D eigenvalue weighted by atomic mass is 19.4. The van der Waals surface area contributed by atoms with E-state index in [9.17, 15) is 19.2 Å². The second-order valence-corrected chi connectivity index (χ2v) is 14.8. The lowest BCUT2D eigenvalue weighted by Gasteiger charge is -2.33. The van der Waals surface area contributed by atoms with Gasteiger partial charge in [-0.3, -0.25) is 29.0 Å². The minimum absolute atomic E-state index is 0.0114. The lowest BCUT2D eigenvalue weighted by Crippen LogP contribution is -2.43. The summed E-state index contributed by atoms with van der Waals surface area (Å²) in [4.78, 5) is 58.1. The predicted molar refractivity (Wildman–Crippen MR) is 195 cm³/mol. The summed E-state index contributed by atoms with van der Waals surface area (Å²) in [6.45, 7) is 7.78. The van der Waals surface area contributed by atoms with Gasteiger partial charge in [-0.25, -0.2) is 0 Å². The number of nitrogens with zero attached hydrogens (tertiary/aromatic N) is 2. The topological polar surface area (TPSA) is 74.8 Å². The minimum atomic E-state index is -5.09. The molecular weight excluding hydrogens is 710 g/mol. The molecule has 54 heavy (non-hydrogen) atoms. The Balaban J connectivity index is 1.57. The first-order chi connectivity index (χ1) is 25.6. The molecular formula is C42H40F6N2O4. The summed E-state index contributed by atoms with van der Waals surface area (Å²) < 4.78 is 91.5. The quantitative estimate of drug-likeness (QED) is 0.0551. The molecule has 0 saturated carbocycles. The molecule has 4 amide bonds. The van der Waals surface area contributed by atoms with Crippen molar-refractivity contribution in [3.8, 4) is 0 Å². The molecule has 5 aromatic rings. The third-order valence-corrected chi connectivity index (χ3v) is 11.6. The van der Waals surface area contributed by atoms with Gasteiger partial charge in [0, 0.05) is 56.9 Å². The second-order valence-electron chi connectivity index (χ2n) is 14.8. The number of hydrogen-bond acceptors (Lipinski definition) is 4. The maximum atomic E-state index is 15.3. The molecule has 2 aliphatic rings. The van der Waals surface area contributed by atoms with Gasteiger partial charge in [0.05, 0.1) is 11.1 Å².